The summed E-state index contributed by atoms with van der Waals surface area (Å²) in [5.74, 6) is -2.52. The summed E-state index contributed by atoms with van der Waals surface area (Å²) in [6, 6.07) is -2.48. The van der Waals surface area contributed by atoms with Crippen LogP contribution in [0.5, 0.6) is 0 Å². The molecule has 10 nitrogen and oxygen atoms in total. The van der Waals surface area contributed by atoms with Gasteiger partial charge >= 0.3 is 5.97 Å². The fourth-order valence-electron chi connectivity index (χ4n) is 2.15. The minimum absolute atomic E-state index is 0.0241. The predicted molar refractivity (Wildman–Crippen MR) is 101 cm³/mol. The standard InChI is InChI=1S/C17H33N5O5/c1-10(2)14(19)16(25)21-11(3)15(24)20-9-7-13(23)22-12(17(26)27)6-4-5-8-18/h10-12,14H,4-9,18-19H2,1-3H3,(H,20,24)(H,21,25)(H,22,23)(H,26,27)/t11-,12-,14?/m0/s1. The fraction of sp³-hybridized carbons (Fsp3) is 0.765. The Morgan fingerprint density at radius 3 is 2.15 bits per heavy atom. The van der Waals surface area contributed by atoms with Crippen LogP contribution in [-0.4, -0.2) is 60.0 Å². The second-order valence-corrected chi connectivity index (χ2v) is 6.78. The summed E-state index contributed by atoms with van der Waals surface area (Å²) < 4.78 is 0. The minimum atomic E-state index is -1.11. The highest BCUT2D eigenvalue weighted by Crippen LogP contribution is 2.01. The molecule has 0 aromatic rings. The van der Waals surface area contributed by atoms with Crippen LogP contribution in [0.4, 0.5) is 0 Å². The van der Waals surface area contributed by atoms with Gasteiger partial charge in [0, 0.05) is 13.0 Å². The highest BCUT2D eigenvalue weighted by Gasteiger charge is 2.22. The molecule has 3 amide bonds. The van der Waals surface area contributed by atoms with Crippen molar-refractivity contribution in [3.05, 3.63) is 0 Å². The summed E-state index contributed by atoms with van der Waals surface area (Å²) in [6.45, 7) is 5.60. The van der Waals surface area contributed by atoms with Gasteiger partial charge < -0.3 is 32.5 Å². The first-order valence-corrected chi connectivity index (χ1v) is 9.16. The van der Waals surface area contributed by atoms with Crippen LogP contribution in [0, 0.1) is 5.92 Å². The largest absolute Gasteiger partial charge is 0.480 e. The van der Waals surface area contributed by atoms with Crippen LogP contribution in [0.25, 0.3) is 0 Å². The number of hydrogen-bond acceptors (Lipinski definition) is 6. The lowest BCUT2D eigenvalue weighted by molar-refractivity contribution is -0.142. The van der Waals surface area contributed by atoms with Gasteiger partial charge in [-0.1, -0.05) is 13.8 Å². The van der Waals surface area contributed by atoms with Crippen molar-refractivity contribution in [1.29, 1.82) is 0 Å². The highest BCUT2D eigenvalue weighted by atomic mass is 16.4. The van der Waals surface area contributed by atoms with Gasteiger partial charge in [0.05, 0.1) is 6.04 Å². The third-order valence-electron chi connectivity index (χ3n) is 4.00. The van der Waals surface area contributed by atoms with Gasteiger partial charge in [-0.3, -0.25) is 14.4 Å². The zero-order chi connectivity index (χ0) is 21.0. The monoisotopic (exact) mass is 387 g/mol. The van der Waals surface area contributed by atoms with Gasteiger partial charge in [0.25, 0.3) is 0 Å². The van der Waals surface area contributed by atoms with Crippen LogP contribution >= 0.6 is 0 Å². The van der Waals surface area contributed by atoms with Gasteiger partial charge in [-0.25, -0.2) is 4.79 Å². The number of aliphatic carboxylic acids is 1. The molecule has 3 atom stereocenters. The number of nitrogens with two attached hydrogens (primary N) is 2. The highest BCUT2D eigenvalue weighted by molar-refractivity contribution is 5.90. The Hall–Kier alpha value is -2.20. The van der Waals surface area contributed by atoms with Crippen LogP contribution in [0.15, 0.2) is 0 Å². The summed E-state index contributed by atoms with van der Waals surface area (Å²) in [5, 5.41) is 16.6. The van der Waals surface area contributed by atoms with E-state index in [-0.39, 0.29) is 18.9 Å². The van der Waals surface area contributed by atoms with Crippen molar-refractivity contribution in [3.63, 3.8) is 0 Å². The van der Waals surface area contributed by atoms with E-state index >= 15 is 0 Å². The number of carbonyl (C=O) groups is 4. The third kappa shape index (κ3) is 10.5. The Morgan fingerprint density at radius 1 is 1.00 bits per heavy atom. The van der Waals surface area contributed by atoms with Gasteiger partial charge in [0.2, 0.25) is 17.7 Å². The first-order chi connectivity index (χ1) is 12.6. The SMILES string of the molecule is CC(C)C(N)C(=O)N[C@@H](C)C(=O)NCCC(=O)N[C@@H](CCCCN)C(=O)O. The molecule has 8 N–H and O–H groups in total. The van der Waals surface area contributed by atoms with E-state index in [2.05, 4.69) is 16.0 Å². The van der Waals surface area contributed by atoms with Crippen molar-refractivity contribution in [2.45, 2.75) is 64.6 Å². The first kappa shape index (κ1) is 24.8. The molecule has 27 heavy (non-hydrogen) atoms. The Balaban J connectivity index is 4.25. The van der Waals surface area contributed by atoms with E-state index in [9.17, 15) is 19.2 Å². The average Bonchev–Trinajstić information content (AvgIpc) is 2.59. The summed E-state index contributed by atoms with van der Waals surface area (Å²) in [5.41, 5.74) is 11.1. The molecule has 0 saturated carbocycles. The molecule has 0 radical (unpaired) electrons. The lowest BCUT2D eigenvalue weighted by Crippen LogP contribution is -2.52. The number of carboxylic acid groups (broad SMARTS) is 1. The first-order valence-electron chi connectivity index (χ1n) is 9.16. The average molecular weight is 387 g/mol. The van der Waals surface area contributed by atoms with Crippen molar-refractivity contribution < 1.29 is 24.3 Å². The maximum atomic E-state index is 12.0. The molecule has 1 unspecified atom stereocenters. The number of unbranched alkanes of at least 4 members (excludes halogenated alkanes) is 1. The fourth-order valence-corrected chi connectivity index (χ4v) is 2.15. The Morgan fingerprint density at radius 2 is 1.63 bits per heavy atom. The molecule has 0 aromatic heterocycles. The molecule has 0 spiro atoms. The molecule has 0 rings (SSSR count). The predicted octanol–water partition coefficient (Wildman–Crippen LogP) is -1.32. The van der Waals surface area contributed by atoms with E-state index in [0.717, 1.165) is 0 Å². The molecule has 0 aliphatic rings. The molecule has 0 bridgehead atoms. The molecular weight excluding hydrogens is 354 g/mol. The molecule has 0 saturated heterocycles. The van der Waals surface area contributed by atoms with E-state index in [0.29, 0.717) is 25.8 Å². The van der Waals surface area contributed by atoms with Gasteiger partial charge in [-0.05, 0) is 38.6 Å². The second-order valence-electron chi connectivity index (χ2n) is 6.78. The van der Waals surface area contributed by atoms with Gasteiger partial charge in [0.15, 0.2) is 0 Å². The number of hydrogen-bond donors (Lipinski definition) is 6. The Bertz CT molecular complexity index is 512. The number of carboxylic acids is 1. The summed E-state index contributed by atoms with van der Waals surface area (Å²) >= 11 is 0. The number of nitrogens with one attached hydrogen (secondary N) is 3. The minimum Gasteiger partial charge on any atom is -0.480 e. The molecular formula is C17H33N5O5. The second kappa shape index (κ2) is 13.0. The van der Waals surface area contributed by atoms with Crippen LogP contribution in [0.2, 0.25) is 0 Å². The van der Waals surface area contributed by atoms with E-state index in [4.69, 9.17) is 16.6 Å². The molecule has 0 aromatic carbocycles. The van der Waals surface area contributed by atoms with Gasteiger partial charge in [-0.2, -0.15) is 0 Å². The summed E-state index contributed by atoms with van der Waals surface area (Å²) in [7, 11) is 0. The van der Waals surface area contributed by atoms with E-state index in [1.165, 1.54) is 6.92 Å². The summed E-state index contributed by atoms with van der Waals surface area (Å²) in [4.78, 5) is 46.8. The molecule has 156 valence electrons. The Labute approximate surface area is 159 Å². The number of amides is 3. The van der Waals surface area contributed by atoms with Crippen molar-refractivity contribution in [3.8, 4) is 0 Å². The third-order valence-corrected chi connectivity index (χ3v) is 4.00. The zero-order valence-electron chi connectivity index (χ0n) is 16.3. The van der Waals surface area contributed by atoms with Crippen LogP contribution in [0.1, 0.15) is 46.5 Å². The lowest BCUT2D eigenvalue weighted by atomic mass is 10.0. The molecule has 0 heterocycles. The van der Waals surface area contributed by atoms with E-state index < -0.39 is 41.8 Å². The molecule has 0 fully saturated rings. The maximum absolute atomic E-state index is 12.0. The lowest BCUT2D eigenvalue weighted by Gasteiger charge is -2.19. The topological polar surface area (TPSA) is 177 Å². The van der Waals surface area contributed by atoms with E-state index in [1.807, 2.05) is 0 Å². The summed E-state index contributed by atoms with van der Waals surface area (Å²) in [6.07, 6.45) is 1.50. The van der Waals surface area contributed by atoms with Crippen molar-refractivity contribution in [2.24, 2.45) is 17.4 Å². The number of carbonyl (C=O) groups excluding carboxylic acids is 3. The van der Waals surface area contributed by atoms with Crippen LogP contribution in [-0.2, 0) is 19.2 Å². The van der Waals surface area contributed by atoms with Crippen molar-refractivity contribution in [1.82, 2.24) is 16.0 Å². The van der Waals surface area contributed by atoms with Gasteiger partial charge in [0.1, 0.15) is 12.1 Å². The van der Waals surface area contributed by atoms with Crippen LogP contribution in [0.3, 0.4) is 0 Å². The van der Waals surface area contributed by atoms with E-state index in [1.54, 1.807) is 13.8 Å². The number of rotatable bonds is 13. The van der Waals surface area contributed by atoms with Crippen molar-refractivity contribution >= 4 is 23.7 Å². The Kier molecular flexibility index (Phi) is 12.0. The maximum Gasteiger partial charge on any atom is 0.326 e. The molecule has 0 aliphatic heterocycles. The molecule has 0 aliphatic carbocycles. The normalized spacial score (nSPS) is 14.1. The zero-order valence-corrected chi connectivity index (χ0v) is 16.3. The van der Waals surface area contributed by atoms with Crippen LogP contribution < -0.4 is 27.4 Å². The van der Waals surface area contributed by atoms with Gasteiger partial charge in [-0.15, -0.1) is 0 Å². The smallest absolute Gasteiger partial charge is 0.326 e. The van der Waals surface area contributed by atoms with Crippen molar-refractivity contribution in [2.75, 3.05) is 13.1 Å². The molecule has 10 heteroatoms. The quantitative estimate of drug-likeness (QED) is 0.212.